The van der Waals surface area contributed by atoms with E-state index >= 15 is 0 Å². The van der Waals surface area contributed by atoms with Gasteiger partial charge < -0.3 is 10.6 Å². The summed E-state index contributed by atoms with van der Waals surface area (Å²) in [7, 11) is 0. The minimum atomic E-state index is -0.319. The topological polar surface area (TPSA) is 69.8 Å². The molecule has 1 unspecified atom stereocenters. The number of carbonyl (C=O) groups excluding carboxylic acids is 1. The molecule has 3 aromatic rings. The van der Waals surface area contributed by atoms with E-state index in [9.17, 15) is 4.79 Å². The molecule has 3 N–H and O–H groups in total. The maximum Gasteiger partial charge on any atom is 0.255 e. The SMILES string of the molecule is Cc1cc(C)c2c(c1)C(=O)NC(c1cn[nH]c1-c1ccccc1)N2. The number of nitrogens with zero attached hydrogens (tertiary/aromatic N) is 1. The molecule has 0 radical (unpaired) electrons. The van der Waals surface area contributed by atoms with Crippen molar-refractivity contribution in [2.75, 3.05) is 5.32 Å². The Morgan fingerprint density at radius 2 is 1.83 bits per heavy atom. The fourth-order valence-corrected chi connectivity index (χ4v) is 3.23. The second kappa shape index (κ2) is 5.53. The molecular formula is C19H18N4O. The quantitative estimate of drug-likeness (QED) is 0.677. The zero-order valence-corrected chi connectivity index (χ0v) is 13.6. The van der Waals surface area contributed by atoms with Gasteiger partial charge in [-0.1, -0.05) is 36.4 Å². The van der Waals surface area contributed by atoms with Crippen LogP contribution in [0.2, 0.25) is 0 Å². The number of nitrogens with one attached hydrogen (secondary N) is 3. The maximum atomic E-state index is 12.6. The molecular weight excluding hydrogens is 300 g/mol. The molecule has 0 saturated carbocycles. The second-order valence-corrected chi connectivity index (χ2v) is 6.12. The molecule has 5 heteroatoms. The van der Waals surface area contributed by atoms with Gasteiger partial charge in [-0.05, 0) is 36.6 Å². The number of aromatic nitrogens is 2. The van der Waals surface area contributed by atoms with E-state index in [1.54, 1.807) is 6.20 Å². The predicted molar refractivity (Wildman–Crippen MR) is 93.8 cm³/mol. The van der Waals surface area contributed by atoms with Crippen LogP contribution in [0.4, 0.5) is 5.69 Å². The average Bonchev–Trinajstić information content (AvgIpc) is 3.06. The van der Waals surface area contributed by atoms with Gasteiger partial charge >= 0.3 is 0 Å². The van der Waals surface area contributed by atoms with E-state index in [0.29, 0.717) is 5.56 Å². The number of H-pyrrole nitrogens is 1. The number of rotatable bonds is 2. The molecule has 2 heterocycles. The van der Waals surface area contributed by atoms with Crippen LogP contribution >= 0.6 is 0 Å². The van der Waals surface area contributed by atoms with Crippen molar-refractivity contribution in [3.05, 3.63) is 70.9 Å². The van der Waals surface area contributed by atoms with Crippen LogP contribution in [0.15, 0.2) is 48.7 Å². The van der Waals surface area contributed by atoms with Crippen LogP contribution in [-0.2, 0) is 0 Å². The minimum Gasteiger partial charge on any atom is -0.361 e. The molecule has 0 spiro atoms. The zero-order chi connectivity index (χ0) is 16.7. The molecule has 0 saturated heterocycles. The lowest BCUT2D eigenvalue weighted by Gasteiger charge is -2.29. The average molecular weight is 318 g/mol. The van der Waals surface area contributed by atoms with Crippen LogP contribution in [0.25, 0.3) is 11.3 Å². The summed E-state index contributed by atoms with van der Waals surface area (Å²) in [4.78, 5) is 12.6. The van der Waals surface area contributed by atoms with E-state index in [2.05, 4.69) is 26.9 Å². The Morgan fingerprint density at radius 1 is 1.04 bits per heavy atom. The molecule has 0 aliphatic carbocycles. The van der Waals surface area contributed by atoms with Crippen LogP contribution in [0.1, 0.15) is 33.2 Å². The Kier molecular flexibility index (Phi) is 3.34. The third-order valence-corrected chi connectivity index (χ3v) is 4.33. The van der Waals surface area contributed by atoms with Crippen LogP contribution in [0.5, 0.6) is 0 Å². The molecule has 1 aromatic heterocycles. The molecule has 1 aliphatic heterocycles. The van der Waals surface area contributed by atoms with Gasteiger partial charge in [0.2, 0.25) is 0 Å². The minimum absolute atomic E-state index is 0.0687. The van der Waals surface area contributed by atoms with Gasteiger partial charge in [0.25, 0.3) is 5.91 Å². The fourth-order valence-electron chi connectivity index (χ4n) is 3.23. The Morgan fingerprint density at radius 3 is 2.62 bits per heavy atom. The lowest BCUT2D eigenvalue weighted by molar-refractivity contribution is 0.0935. The summed E-state index contributed by atoms with van der Waals surface area (Å²) in [6.45, 7) is 4.01. The van der Waals surface area contributed by atoms with E-state index in [1.807, 2.05) is 50.2 Å². The molecule has 1 atom stereocenters. The van der Waals surface area contributed by atoms with Crippen LogP contribution in [0, 0.1) is 13.8 Å². The molecule has 1 amide bonds. The first-order chi connectivity index (χ1) is 11.6. The number of hydrogen-bond donors (Lipinski definition) is 3. The van der Waals surface area contributed by atoms with Crippen molar-refractivity contribution in [3.8, 4) is 11.3 Å². The first kappa shape index (κ1) is 14.5. The lowest BCUT2D eigenvalue weighted by atomic mass is 9.99. The van der Waals surface area contributed by atoms with E-state index in [4.69, 9.17) is 0 Å². The summed E-state index contributed by atoms with van der Waals surface area (Å²) in [5, 5.41) is 13.7. The van der Waals surface area contributed by atoms with E-state index in [-0.39, 0.29) is 12.1 Å². The number of aromatic amines is 1. The number of fused-ring (bicyclic) bond motifs is 1. The van der Waals surface area contributed by atoms with Gasteiger partial charge in [0.05, 0.1) is 23.1 Å². The second-order valence-electron chi connectivity index (χ2n) is 6.12. The first-order valence-corrected chi connectivity index (χ1v) is 7.91. The summed E-state index contributed by atoms with van der Waals surface area (Å²) in [5.41, 5.74) is 6.57. The van der Waals surface area contributed by atoms with Crippen LogP contribution < -0.4 is 10.6 Å². The lowest BCUT2D eigenvalue weighted by Crippen LogP contribution is -2.39. The standard InChI is InChI=1S/C19H18N4O/c1-11-8-12(2)16-14(9-11)19(24)22-18(21-16)15-10-20-23-17(15)13-6-4-3-5-7-13/h3-10,18,21H,1-2H3,(H,20,23)(H,22,24). The molecule has 0 bridgehead atoms. The molecule has 0 fully saturated rings. The fraction of sp³-hybridized carbons (Fsp3) is 0.158. The van der Waals surface area contributed by atoms with E-state index in [0.717, 1.165) is 33.6 Å². The van der Waals surface area contributed by atoms with E-state index in [1.165, 1.54) is 0 Å². The first-order valence-electron chi connectivity index (χ1n) is 7.91. The Bertz CT molecular complexity index is 914. The maximum absolute atomic E-state index is 12.6. The predicted octanol–water partition coefficient (Wildman–Crippen LogP) is 3.55. The summed E-state index contributed by atoms with van der Waals surface area (Å²) in [6.07, 6.45) is 1.44. The normalized spacial score (nSPS) is 16.2. The highest BCUT2D eigenvalue weighted by Gasteiger charge is 2.28. The van der Waals surface area contributed by atoms with Crippen molar-refractivity contribution in [2.24, 2.45) is 0 Å². The van der Waals surface area contributed by atoms with Crippen LogP contribution in [-0.4, -0.2) is 16.1 Å². The molecule has 2 aromatic carbocycles. The van der Waals surface area contributed by atoms with E-state index < -0.39 is 0 Å². The summed E-state index contributed by atoms with van der Waals surface area (Å²) in [5.74, 6) is -0.0687. The molecule has 120 valence electrons. The van der Waals surface area contributed by atoms with Crippen molar-refractivity contribution >= 4 is 11.6 Å². The highest BCUT2D eigenvalue weighted by atomic mass is 16.2. The van der Waals surface area contributed by atoms with Crippen LogP contribution in [0.3, 0.4) is 0 Å². The molecule has 1 aliphatic rings. The summed E-state index contributed by atoms with van der Waals surface area (Å²) < 4.78 is 0. The smallest absolute Gasteiger partial charge is 0.255 e. The Labute approximate surface area is 140 Å². The Balaban J connectivity index is 1.76. The van der Waals surface area contributed by atoms with Crippen molar-refractivity contribution in [1.29, 1.82) is 0 Å². The van der Waals surface area contributed by atoms with Crippen molar-refractivity contribution in [3.63, 3.8) is 0 Å². The molecule has 5 nitrogen and oxygen atoms in total. The van der Waals surface area contributed by atoms with Gasteiger partial charge in [-0.15, -0.1) is 0 Å². The van der Waals surface area contributed by atoms with Gasteiger partial charge in [-0.25, -0.2) is 0 Å². The summed E-state index contributed by atoms with van der Waals surface area (Å²) in [6, 6.07) is 14.0. The molecule has 24 heavy (non-hydrogen) atoms. The van der Waals surface area contributed by atoms with Gasteiger partial charge in [-0.3, -0.25) is 9.89 Å². The van der Waals surface area contributed by atoms with Gasteiger partial charge in [0, 0.05) is 5.56 Å². The number of amides is 1. The number of carbonyl (C=O) groups is 1. The monoisotopic (exact) mass is 318 g/mol. The number of anilines is 1. The van der Waals surface area contributed by atoms with Crippen molar-refractivity contribution in [2.45, 2.75) is 20.0 Å². The number of benzene rings is 2. The highest BCUT2D eigenvalue weighted by Crippen LogP contribution is 2.33. The number of hydrogen-bond acceptors (Lipinski definition) is 3. The zero-order valence-electron chi connectivity index (χ0n) is 13.6. The third kappa shape index (κ3) is 2.34. The summed E-state index contributed by atoms with van der Waals surface area (Å²) >= 11 is 0. The third-order valence-electron chi connectivity index (χ3n) is 4.33. The number of aryl methyl sites for hydroxylation is 2. The largest absolute Gasteiger partial charge is 0.361 e. The van der Waals surface area contributed by atoms with Crippen molar-refractivity contribution in [1.82, 2.24) is 15.5 Å². The highest BCUT2D eigenvalue weighted by molar-refractivity contribution is 6.02. The van der Waals surface area contributed by atoms with Gasteiger partial charge in [-0.2, -0.15) is 5.10 Å². The Hall–Kier alpha value is -3.08. The van der Waals surface area contributed by atoms with Crippen molar-refractivity contribution < 1.29 is 4.79 Å². The van der Waals surface area contributed by atoms with Gasteiger partial charge in [0.15, 0.2) is 0 Å². The van der Waals surface area contributed by atoms with Gasteiger partial charge in [0.1, 0.15) is 6.17 Å². The molecule has 4 rings (SSSR count).